The maximum atomic E-state index is 12.9. The van der Waals surface area contributed by atoms with Crippen LogP contribution in [-0.2, 0) is 17.1 Å². The third kappa shape index (κ3) is 5.58. The molecule has 0 bridgehead atoms. The first-order valence-electron chi connectivity index (χ1n) is 8.24. The molecule has 1 aromatic rings. The molecule has 0 aromatic heterocycles. The number of carbonyl (C=O) groups excluding carboxylic acids is 1. The van der Waals surface area contributed by atoms with Gasteiger partial charge >= 0.3 is 12.4 Å². The third-order valence-corrected chi connectivity index (χ3v) is 4.59. The van der Waals surface area contributed by atoms with E-state index in [9.17, 15) is 31.1 Å². The van der Waals surface area contributed by atoms with E-state index in [1.807, 2.05) is 0 Å². The van der Waals surface area contributed by atoms with Gasteiger partial charge in [0.25, 0.3) is 5.91 Å². The Hall–Kier alpha value is -1.81. The molecule has 0 atom stereocenters. The topological polar surface area (TPSA) is 50.4 Å². The summed E-state index contributed by atoms with van der Waals surface area (Å²) in [4.78, 5) is 12.3. The number of nitrogens with one attached hydrogen (secondary N) is 2. The molecule has 10 heteroatoms. The predicted octanol–water partition coefficient (Wildman–Crippen LogP) is 3.47. The van der Waals surface area contributed by atoms with Crippen LogP contribution < -0.4 is 10.6 Å². The van der Waals surface area contributed by atoms with Gasteiger partial charge in [-0.2, -0.15) is 26.3 Å². The Bertz CT molecular complexity index is 629. The average molecular weight is 398 g/mol. The van der Waals surface area contributed by atoms with Gasteiger partial charge in [-0.3, -0.25) is 4.79 Å². The van der Waals surface area contributed by atoms with E-state index in [4.69, 9.17) is 4.74 Å². The van der Waals surface area contributed by atoms with E-state index in [0.29, 0.717) is 44.7 Å². The van der Waals surface area contributed by atoms with Crippen LogP contribution in [0, 0.1) is 5.41 Å². The van der Waals surface area contributed by atoms with Gasteiger partial charge in [-0.25, -0.2) is 0 Å². The van der Waals surface area contributed by atoms with Gasteiger partial charge in [0.15, 0.2) is 0 Å². The van der Waals surface area contributed by atoms with Crippen molar-refractivity contribution in [1.29, 1.82) is 0 Å². The molecule has 1 saturated heterocycles. The van der Waals surface area contributed by atoms with E-state index in [2.05, 4.69) is 10.6 Å². The lowest BCUT2D eigenvalue weighted by atomic mass is 9.79. The fourth-order valence-electron chi connectivity index (χ4n) is 3.09. The lowest BCUT2D eigenvalue weighted by Crippen LogP contribution is -2.47. The van der Waals surface area contributed by atoms with Crippen LogP contribution in [0.3, 0.4) is 0 Å². The van der Waals surface area contributed by atoms with E-state index in [-0.39, 0.29) is 12.6 Å². The minimum atomic E-state index is -5.00. The Morgan fingerprint density at radius 1 is 1.07 bits per heavy atom. The highest BCUT2D eigenvalue weighted by Gasteiger charge is 2.38. The van der Waals surface area contributed by atoms with Gasteiger partial charge in [0.05, 0.1) is 17.7 Å². The molecule has 1 heterocycles. The van der Waals surface area contributed by atoms with Crippen molar-refractivity contribution in [3.63, 3.8) is 0 Å². The second kappa shape index (κ2) is 8.05. The minimum absolute atomic E-state index is 0.00397. The molecule has 0 spiro atoms. The molecule has 152 valence electrons. The van der Waals surface area contributed by atoms with Gasteiger partial charge < -0.3 is 15.4 Å². The van der Waals surface area contributed by atoms with Crippen molar-refractivity contribution >= 4 is 5.91 Å². The Kier molecular flexibility index (Phi) is 6.41. The van der Waals surface area contributed by atoms with Crippen LogP contribution in [0.25, 0.3) is 0 Å². The molecule has 4 nitrogen and oxygen atoms in total. The van der Waals surface area contributed by atoms with Gasteiger partial charge in [0.2, 0.25) is 0 Å². The number of hydrogen-bond donors (Lipinski definition) is 2. The maximum Gasteiger partial charge on any atom is 0.416 e. The number of alkyl halides is 6. The van der Waals surface area contributed by atoms with E-state index in [1.54, 1.807) is 0 Å². The summed E-state index contributed by atoms with van der Waals surface area (Å²) in [6, 6.07) is 0.849. The summed E-state index contributed by atoms with van der Waals surface area (Å²) in [7, 11) is 1.49. The molecule has 0 saturated carbocycles. The second-order valence-electron chi connectivity index (χ2n) is 6.66. The molecule has 1 aromatic carbocycles. The predicted molar refractivity (Wildman–Crippen MR) is 85.2 cm³/mol. The Balaban J connectivity index is 2.24. The van der Waals surface area contributed by atoms with Crippen LogP contribution in [-0.4, -0.2) is 39.3 Å². The second-order valence-corrected chi connectivity index (χ2v) is 6.66. The van der Waals surface area contributed by atoms with E-state index < -0.39 is 40.4 Å². The molecular weight excluding hydrogens is 378 g/mol. The van der Waals surface area contributed by atoms with Crippen LogP contribution in [0.5, 0.6) is 0 Å². The highest BCUT2D eigenvalue weighted by molar-refractivity contribution is 5.94. The van der Waals surface area contributed by atoms with Crippen molar-refractivity contribution < 1.29 is 35.9 Å². The summed E-state index contributed by atoms with van der Waals surface area (Å²) >= 11 is 0. The number of piperidine rings is 1. The summed E-state index contributed by atoms with van der Waals surface area (Å²) in [6.07, 6.45) is -8.67. The monoisotopic (exact) mass is 398 g/mol. The first-order chi connectivity index (χ1) is 12.5. The quantitative estimate of drug-likeness (QED) is 0.747. The molecule has 2 N–H and O–H groups in total. The third-order valence-electron chi connectivity index (χ3n) is 4.59. The van der Waals surface area contributed by atoms with Gasteiger partial charge in [0, 0.05) is 24.6 Å². The summed E-state index contributed by atoms with van der Waals surface area (Å²) < 4.78 is 82.7. The zero-order valence-electron chi connectivity index (χ0n) is 14.6. The summed E-state index contributed by atoms with van der Waals surface area (Å²) in [6.45, 7) is 1.78. The zero-order chi connectivity index (χ0) is 20.3. The number of methoxy groups -OCH3 is 1. The number of carbonyl (C=O) groups is 1. The van der Waals surface area contributed by atoms with Crippen molar-refractivity contribution in [2.75, 3.05) is 33.4 Å². The number of ether oxygens (including phenoxy) is 1. The summed E-state index contributed by atoms with van der Waals surface area (Å²) in [5.41, 5.74) is -4.13. The molecule has 1 amide bonds. The summed E-state index contributed by atoms with van der Waals surface area (Å²) in [5, 5.41) is 5.62. The smallest absolute Gasteiger partial charge is 0.384 e. The summed E-state index contributed by atoms with van der Waals surface area (Å²) in [5.74, 6) is -0.986. The van der Waals surface area contributed by atoms with E-state index in [1.165, 1.54) is 7.11 Å². The number of hydrogen-bond acceptors (Lipinski definition) is 3. The molecule has 1 aliphatic rings. The van der Waals surface area contributed by atoms with Crippen molar-refractivity contribution in [3.8, 4) is 0 Å². The maximum absolute atomic E-state index is 12.9. The fourth-order valence-corrected chi connectivity index (χ4v) is 3.09. The van der Waals surface area contributed by atoms with Crippen LogP contribution in [0.4, 0.5) is 26.3 Å². The van der Waals surface area contributed by atoms with E-state index in [0.717, 1.165) is 0 Å². The molecule has 1 fully saturated rings. The minimum Gasteiger partial charge on any atom is -0.384 e. The van der Waals surface area contributed by atoms with Gasteiger partial charge in [-0.1, -0.05) is 0 Å². The fraction of sp³-hybridized carbons (Fsp3) is 0.588. The van der Waals surface area contributed by atoms with Crippen LogP contribution in [0.1, 0.15) is 34.3 Å². The van der Waals surface area contributed by atoms with Gasteiger partial charge in [0.1, 0.15) is 0 Å². The van der Waals surface area contributed by atoms with Gasteiger partial charge in [-0.05, 0) is 44.1 Å². The first kappa shape index (κ1) is 21.5. The highest BCUT2D eigenvalue weighted by atomic mass is 19.4. The number of benzene rings is 1. The standard InChI is InChI=1S/C17H20F6N2O2/c1-27-10-15(2-4-24-5-3-15)9-25-14(26)11-6-12(16(18,19)20)8-13(7-11)17(21,22)23/h6-8,24H,2-5,9-10H2,1H3,(H,25,26). The van der Waals surface area contributed by atoms with Crippen molar-refractivity contribution in [2.45, 2.75) is 25.2 Å². The molecule has 0 aliphatic carbocycles. The Labute approximate surface area is 152 Å². The van der Waals surface area contributed by atoms with Crippen LogP contribution in [0.15, 0.2) is 18.2 Å². The lowest BCUT2D eigenvalue weighted by molar-refractivity contribution is -0.143. The van der Waals surface area contributed by atoms with Gasteiger partial charge in [-0.15, -0.1) is 0 Å². The molecule has 27 heavy (non-hydrogen) atoms. The van der Waals surface area contributed by atoms with Crippen molar-refractivity contribution in [3.05, 3.63) is 34.9 Å². The molecular formula is C17H20F6N2O2. The molecule has 2 rings (SSSR count). The first-order valence-corrected chi connectivity index (χ1v) is 8.24. The van der Waals surface area contributed by atoms with E-state index >= 15 is 0 Å². The zero-order valence-corrected chi connectivity index (χ0v) is 14.6. The SMILES string of the molecule is COCC1(CNC(=O)c2cc(C(F)(F)F)cc(C(F)(F)F)c2)CCNCC1. The number of rotatable bonds is 5. The lowest BCUT2D eigenvalue weighted by Gasteiger charge is -2.37. The number of halogens is 6. The normalized spacial score (nSPS) is 17.6. The van der Waals surface area contributed by atoms with Crippen LogP contribution in [0.2, 0.25) is 0 Å². The molecule has 1 aliphatic heterocycles. The van der Waals surface area contributed by atoms with Crippen molar-refractivity contribution in [1.82, 2.24) is 10.6 Å². The Morgan fingerprint density at radius 2 is 1.59 bits per heavy atom. The molecule has 0 unspecified atom stereocenters. The largest absolute Gasteiger partial charge is 0.416 e. The van der Waals surface area contributed by atoms with Crippen molar-refractivity contribution in [2.24, 2.45) is 5.41 Å². The average Bonchev–Trinajstić information content (AvgIpc) is 2.59. The molecule has 0 radical (unpaired) electrons. The Morgan fingerprint density at radius 3 is 2.04 bits per heavy atom. The van der Waals surface area contributed by atoms with Crippen LogP contribution >= 0.6 is 0 Å². The highest BCUT2D eigenvalue weighted by Crippen LogP contribution is 2.36. The number of amides is 1.